The van der Waals surface area contributed by atoms with Crippen LogP contribution in [0.3, 0.4) is 0 Å². The van der Waals surface area contributed by atoms with Gasteiger partial charge < -0.3 is 30.7 Å². The van der Waals surface area contributed by atoms with Gasteiger partial charge in [0.25, 0.3) is 0 Å². The molecular weight excluding hydrogens is 517 g/mol. The number of carbonyl (C=O) groups excluding carboxylic acids is 3. The van der Waals surface area contributed by atoms with Crippen LogP contribution in [0.15, 0.2) is 0 Å². The quantitative estimate of drug-likeness (QED) is 0.179. The molecule has 2 unspecified atom stereocenters. The Kier molecular flexibility index (Phi) is 12.1. The summed E-state index contributed by atoms with van der Waals surface area (Å²) in [5.74, 6) is -1.38. The summed E-state index contributed by atoms with van der Waals surface area (Å²) in [5.41, 5.74) is 0. The molecule has 0 rings (SSSR count). The van der Waals surface area contributed by atoms with Gasteiger partial charge in [0.1, 0.15) is 18.7 Å². The van der Waals surface area contributed by atoms with E-state index in [1.54, 1.807) is 19.6 Å². The van der Waals surface area contributed by atoms with E-state index in [0.717, 1.165) is 0 Å². The van der Waals surface area contributed by atoms with Gasteiger partial charge in [0, 0.05) is 20.8 Å². The predicted octanol–water partition coefficient (Wildman–Crippen LogP) is 3.25. The molecule has 33 heavy (non-hydrogen) atoms. The van der Waals surface area contributed by atoms with Crippen molar-refractivity contribution in [3.05, 3.63) is 0 Å². The molecule has 2 atom stereocenters. The molecule has 0 aliphatic rings. The van der Waals surface area contributed by atoms with Gasteiger partial charge in [-0.25, -0.2) is 0 Å². The second-order valence-electron chi connectivity index (χ2n) is 10.4. The Hall–Kier alpha value is -0.666. The van der Waals surface area contributed by atoms with Gasteiger partial charge in [0.15, 0.2) is 16.6 Å². The number of hydrogen-bond donors (Lipinski definition) is 0. The number of ether oxygens (including phenoxy) is 3. The van der Waals surface area contributed by atoms with E-state index in [2.05, 4.69) is 0 Å². The first-order chi connectivity index (χ1) is 14.6. The minimum Gasteiger partial charge on any atom is -0.464 e. The number of rotatable bonds is 14. The third-order valence-electron chi connectivity index (χ3n) is 3.52. The SMILES string of the molecule is CC(=O)OC[Si](C)(O[Si](C)(C)C)O[Si](C)(COC(C)=O)O[Si](C)(COC(C)=O)O[Si](C)(C)C. The van der Waals surface area contributed by atoms with Crippen LogP contribution in [0.4, 0.5) is 0 Å². The Morgan fingerprint density at radius 1 is 0.455 bits per heavy atom. The zero-order valence-corrected chi connectivity index (χ0v) is 27.2. The van der Waals surface area contributed by atoms with Crippen LogP contribution >= 0.6 is 0 Å². The Morgan fingerprint density at radius 2 is 0.667 bits per heavy atom. The first kappa shape index (κ1) is 32.3. The summed E-state index contributed by atoms with van der Waals surface area (Å²) >= 11 is 0. The van der Waals surface area contributed by atoms with Crippen molar-refractivity contribution >= 4 is 60.2 Å². The number of hydrogen-bond acceptors (Lipinski definition) is 10. The molecule has 15 heteroatoms. The van der Waals surface area contributed by atoms with Crippen molar-refractivity contribution in [3.63, 3.8) is 0 Å². The Labute approximate surface area is 203 Å². The van der Waals surface area contributed by atoms with Gasteiger partial charge in [0.2, 0.25) is 0 Å². The Balaban J connectivity index is 6.19. The summed E-state index contributed by atoms with van der Waals surface area (Å²) in [4.78, 5) is 34.7. The zero-order valence-electron chi connectivity index (χ0n) is 22.2. The van der Waals surface area contributed by atoms with E-state index in [1.807, 2.05) is 39.3 Å². The molecule has 10 nitrogen and oxygen atoms in total. The molecule has 0 N–H and O–H groups in total. The van der Waals surface area contributed by atoms with Crippen LogP contribution in [0, 0.1) is 0 Å². The van der Waals surface area contributed by atoms with Gasteiger partial charge in [-0.3, -0.25) is 14.4 Å². The maximum Gasteiger partial charge on any atom is 0.356 e. The van der Waals surface area contributed by atoms with Gasteiger partial charge in [-0.05, 0) is 58.9 Å². The summed E-state index contributed by atoms with van der Waals surface area (Å²) in [5, 5.41) is 0. The predicted molar refractivity (Wildman–Crippen MR) is 136 cm³/mol. The molecule has 0 amide bonds. The minimum absolute atomic E-state index is 0.0320. The molecule has 0 aromatic heterocycles. The first-order valence-corrected chi connectivity index (χ1v) is 25.2. The average molecular weight is 559 g/mol. The van der Waals surface area contributed by atoms with E-state index >= 15 is 0 Å². The standard InChI is InChI=1S/C18H42O10Si5/c1-16(19)22-13-31(10,25-29(4,5)6)27-33(12,15-24-18(3)21)28-32(11,14-23-17(2)20)26-30(7,8)9/h13-15H2,1-12H3. The normalized spacial score (nSPS) is 17.8. The van der Waals surface area contributed by atoms with Crippen molar-refractivity contribution in [3.8, 4) is 0 Å². The topological polar surface area (TPSA) is 116 Å². The molecule has 0 fully saturated rings. The average Bonchev–Trinajstić information content (AvgIpc) is 2.53. The van der Waals surface area contributed by atoms with Crippen molar-refractivity contribution in [2.24, 2.45) is 0 Å². The lowest BCUT2D eigenvalue weighted by Gasteiger charge is -2.43. The lowest BCUT2D eigenvalue weighted by Crippen LogP contribution is -2.65. The molecule has 194 valence electrons. The maximum absolute atomic E-state index is 11.6. The Bertz CT molecular complexity index is 647. The van der Waals surface area contributed by atoms with Crippen molar-refractivity contribution in [1.82, 2.24) is 0 Å². The second-order valence-corrected chi connectivity index (χ2v) is 29.8. The van der Waals surface area contributed by atoms with Gasteiger partial charge in [-0.15, -0.1) is 0 Å². The Morgan fingerprint density at radius 3 is 0.848 bits per heavy atom. The molecular formula is C18H42O10Si5. The molecule has 0 radical (unpaired) electrons. The molecule has 0 saturated heterocycles. The maximum atomic E-state index is 11.6. The van der Waals surface area contributed by atoms with Crippen LogP contribution in [0.5, 0.6) is 0 Å². The van der Waals surface area contributed by atoms with Crippen LogP contribution in [-0.2, 0) is 45.1 Å². The van der Waals surface area contributed by atoms with Crippen LogP contribution < -0.4 is 0 Å². The van der Waals surface area contributed by atoms with E-state index in [9.17, 15) is 14.4 Å². The third kappa shape index (κ3) is 15.8. The molecule has 0 aromatic carbocycles. The summed E-state index contributed by atoms with van der Waals surface area (Å²) in [6.45, 7) is 21.4. The van der Waals surface area contributed by atoms with E-state index in [1.165, 1.54) is 20.8 Å². The minimum atomic E-state index is -3.33. The van der Waals surface area contributed by atoms with Gasteiger partial charge in [0.05, 0.1) is 0 Å². The monoisotopic (exact) mass is 558 g/mol. The second kappa shape index (κ2) is 12.3. The van der Waals surface area contributed by atoms with E-state index < -0.39 is 60.2 Å². The van der Waals surface area contributed by atoms with Crippen molar-refractivity contribution in [2.75, 3.05) is 18.7 Å². The van der Waals surface area contributed by atoms with Gasteiger partial charge >= 0.3 is 43.6 Å². The smallest absolute Gasteiger partial charge is 0.356 e. The number of carbonyl (C=O) groups is 3. The van der Waals surface area contributed by atoms with Gasteiger partial charge in [-0.2, -0.15) is 0 Å². The van der Waals surface area contributed by atoms with Crippen molar-refractivity contribution in [2.45, 2.75) is 79.7 Å². The van der Waals surface area contributed by atoms with Crippen LogP contribution in [0.1, 0.15) is 20.8 Å². The first-order valence-electron chi connectivity index (χ1n) is 10.8. The molecule has 0 heterocycles. The molecule has 0 bridgehead atoms. The fourth-order valence-electron chi connectivity index (χ4n) is 3.15. The zero-order chi connectivity index (χ0) is 26.3. The highest BCUT2D eigenvalue weighted by molar-refractivity contribution is 6.91. The van der Waals surface area contributed by atoms with Crippen LogP contribution in [0.2, 0.25) is 58.9 Å². The molecule has 0 aliphatic carbocycles. The third-order valence-corrected chi connectivity index (χ3v) is 20.8. The largest absolute Gasteiger partial charge is 0.464 e. The highest BCUT2D eigenvalue weighted by atomic mass is 28.5. The fraction of sp³-hybridized carbons (Fsp3) is 0.833. The van der Waals surface area contributed by atoms with E-state index in [-0.39, 0.29) is 18.7 Å². The van der Waals surface area contributed by atoms with E-state index in [0.29, 0.717) is 0 Å². The van der Waals surface area contributed by atoms with Crippen molar-refractivity contribution < 1.29 is 45.1 Å². The number of esters is 3. The van der Waals surface area contributed by atoms with Crippen LogP contribution in [-0.4, -0.2) is 78.9 Å². The summed E-state index contributed by atoms with van der Waals surface area (Å²) in [7, 11) is -13.8. The van der Waals surface area contributed by atoms with E-state index in [4.69, 9.17) is 30.7 Å². The fourth-order valence-corrected chi connectivity index (χ4v) is 25.3. The molecule has 0 spiro atoms. The summed E-state index contributed by atoms with van der Waals surface area (Å²) in [6.07, 6.45) is -0.177. The lowest BCUT2D eigenvalue weighted by molar-refractivity contribution is -0.140. The molecule has 0 saturated carbocycles. The molecule has 0 aromatic rings. The highest BCUT2D eigenvalue weighted by Crippen LogP contribution is 2.27. The van der Waals surface area contributed by atoms with Crippen LogP contribution in [0.25, 0.3) is 0 Å². The highest BCUT2D eigenvalue weighted by Gasteiger charge is 2.52. The summed E-state index contributed by atoms with van der Waals surface area (Å²) in [6, 6.07) is 0. The summed E-state index contributed by atoms with van der Waals surface area (Å²) < 4.78 is 41.8. The molecule has 0 aliphatic heterocycles. The van der Waals surface area contributed by atoms with Gasteiger partial charge in [-0.1, -0.05) is 0 Å². The lowest BCUT2D eigenvalue weighted by atomic mass is 10.8. The van der Waals surface area contributed by atoms with Crippen molar-refractivity contribution in [1.29, 1.82) is 0 Å².